The highest BCUT2D eigenvalue weighted by atomic mass is 16.6. The van der Waals surface area contributed by atoms with E-state index in [-0.39, 0.29) is 28.5 Å². The fraction of sp³-hybridized carbons (Fsp3) is 0.231. The van der Waals surface area contributed by atoms with Crippen LogP contribution in [0.5, 0.6) is 0 Å². The number of para-hydroxylation sites is 1. The molecule has 0 aromatic heterocycles. The van der Waals surface area contributed by atoms with E-state index in [4.69, 9.17) is 5.26 Å². The molecule has 92 valence electrons. The van der Waals surface area contributed by atoms with Gasteiger partial charge in [-0.15, -0.1) is 0 Å². The highest BCUT2D eigenvalue weighted by molar-refractivity contribution is 6.04. The van der Waals surface area contributed by atoms with Crippen molar-refractivity contribution in [3.8, 4) is 6.07 Å². The minimum absolute atomic E-state index is 0.0701. The van der Waals surface area contributed by atoms with Crippen molar-refractivity contribution in [3.63, 3.8) is 0 Å². The molecular weight excluding hydrogens is 232 g/mol. The van der Waals surface area contributed by atoms with Crippen LogP contribution in [0.15, 0.2) is 29.8 Å². The summed E-state index contributed by atoms with van der Waals surface area (Å²) in [6.07, 6.45) is 1.26. The number of ketones is 1. The summed E-state index contributed by atoms with van der Waals surface area (Å²) in [7, 11) is 0. The molecular formula is C13H12N2O3. The van der Waals surface area contributed by atoms with Crippen LogP contribution in [0.1, 0.15) is 19.4 Å². The van der Waals surface area contributed by atoms with Crippen LogP contribution < -0.4 is 0 Å². The van der Waals surface area contributed by atoms with Gasteiger partial charge in [-0.1, -0.05) is 26.0 Å². The summed E-state index contributed by atoms with van der Waals surface area (Å²) in [6.45, 7) is 3.35. The topological polar surface area (TPSA) is 84.0 Å². The number of nitriles is 1. The maximum absolute atomic E-state index is 11.7. The molecule has 1 aromatic rings. The number of hydrogen-bond acceptors (Lipinski definition) is 4. The summed E-state index contributed by atoms with van der Waals surface area (Å²) < 4.78 is 0. The van der Waals surface area contributed by atoms with E-state index in [9.17, 15) is 14.9 Å². The van der Waals surface area contributed by atoms with E-state index in [2.05, 4.69) is 0 Å². The van der Waals surface area contributed by atoms with Crippen LogP contribution in [-0.4, -0.2) is 10.7 Å². The second-order valence-electron chi connectivity index (χ2n) is 4.00. The van der Waals surface area contributed by atoms with Crippen molar-refractivity contribution in [2.45, 2.75) is 13.8 Å². The second kappa shape index (κ2) is 5.73. The highest BCUT2D eigenvalue weighted by Crippen LogP contribution is 2.21. The number of hydrogen-bond donors (Lipinski definition) is 0. The summed E-state index contributed by atoms with van der Waals surface area (Å²) in [4.78, 5) is 22.0. The van der Waals surface area contributed by atoms with Gasteiger partial charge < -0.3 is 0 Å². The molecule has 5 heteroatoms. The first-order chi connectivity index (χ1) is 8.47. The fourth-order valence-corrected chi connectivity index (χ4v) is 1.40. The van der Waals surface area contributed by atoms with E-state index in [1.165, 1.54) is 24.3 Å². The lowest BCUT2D eigenvalue weighted by Crippen LogP contribution is -2.09. The number of benzene rings is 1. The Balaban J connectivity index is 3.27. The fourth-order valence-electron chi connectivity index (χ4n) is 1.40. The van der Waals surface area contributed by atoms with Crippen molar-refractivity contribution in [2.24, 2.45) is 5.92 Å². The Kier molecular flexibility index (Phi) is 4.33. The summed E-state index contributed by atoms with van der Waals surface area (Å²) in [5.74, 6) is -0.644. The predicted molar refractivity (Wildman–Crippen MR) is 66.5 cm³/mol. The van der Waals surface area contributed by atoms with Crippen LogP contribution in [0.2, 0.25) is 0 Å². The third kappa shape index (κ3) is 3.01. The van der Waals surface area contributed by atoms with Gasteiger partial charge in [0.2, 0.25) is 0 Å². The lowest BCUT2D eigenvalue weighted by molar-refractivity contribution is -0.385. The molecule has 0 saturated carbocycles. The van der Waals surface area contributed by atoms with Gasteiger partial charge in [0, 0.05) is 12.0 Å². The lowest BCUT2D eigenvalue weighted by Gasteiger charge is -2.02. The maximum atomic E-state index is 11.7. The Labute approximate surface area is 105 Å². The van der Waals surface area contributed by atoms with Gasteiger partial charge in [0.05, 0.1) is 16.1 Å². The number of Topliss-reactive ketones (excluding diaryl/α,β-unsaturated/α-hetero) is 1. The molecule has 0 aliphatic carbocycles. The predicted octanol–water partition coefficient (Wildman–Crippen LogP) is 2.73. The van der Waals surface area contributed by atoms with E-state index in [0.29, 0.717) is 0 Å². The van der Waals surface area contributed by atoms with Crippen molar-refractivity contribution in [1.82, 2.24) is 0 Å². The average molecular weight is 244 g/mol. The molecule has 0 heterocycles. The quantitative estimate of drug-likeness (QED) is 0.353. The molecule has 18 heavy (non-hydrogen) atoms. The highest BCUT2D eigenvalue weighted by Gasteiger charge is 2.16. The third-order valence-corrected chi connectivity index (χ3v) is 2.34. The minimum atomic E-state index is -0.541. The van der Waals surface area contributed by atoms with Gasteiger partial charge in [0.1, 0.15) is 6.07 Å². The second-order valence-corrected chi connectivity index (χ2v) is 4.00. The monoisotopic (exact) mass is 244 g/mol. The van der Waals surface area contributed by atoms with Gasteiger partial charge in [0.15, 0.2) is 5.78 Å². The Bertz CT molecular complexity index is 554. The van der Waals surface area contributed by atoms with Gasteiger partial charge >= 0.3 is 0 Å². The van der Waals surface area contributed by atoms with Crippen molar-refractivity contribution >= 4 is 17.5 Å². The maximum Gasteiger partial charge on any atom is 0.276 e. The van der Waals surface area contributed by atoms with E-state index in [1.807, 2.05) is 0 Å². The van der Waals surface area contributed by atoms with E-state index < -0.39 is 4.92 Å². The van der Waals surface area contributed by atoms with Gasteiger partial charge in [-0.2, -0.15) is 5.26 Å². The first-order valence-electron chi connectivity index (χ1n) is 5.36. The number of carbonyl (C=O) groups is 1. The van der Waals surface area contributed by atoms with Crippen LogP contribution in [0.4, 0.5) is 5.69 Å². The van der Waals surface area contributed by atoms with Crippen molar-refractivity contribution in [3.05, 3.63) is 45.5 Å². The third-order valence-electron chi connectivity index (χ3n) is 2.34. The zero-order valence-corrected chi connectivity index (χ0v) is 10.1. The molecule has 0 bridgehead atoms. The number of allylic oxidation sites excluding steroid dienone is 1. The first-order valence-corrected chi connectivity index (χ1v) is 5.36. The Morgan fingerprint density at radius 2 is 2.06 bits per heavy atom. The number of rotatable bonds is 4. The molecule has 0 N–H and O–H groups in total. The molecule has 1 aromatic carbocycles. The molecule has 0 unspecified atom stereocenters. The summed E-state index contributed by atoms with van der Waals surface area (Å²) >= 11 is 0. The van der Waals surface area contributed by atoms with Crippen LogP contribution in [0.3, 0.4) is 0 Å². The van der Waals surface area contributed by atoms with Crippen LogP contribution in [0, 0.1) is 27.4 Å². The Morgan fingerprint density at radius 3 is 2.56 bits per heavy atom. The molecule has 0 atom stereocenters. The van der Waals surface area contributed by atoms with Gasteiger partial charge in [0.25, 0.3) is 5.69 Å². The summed E-state index contributed by atoms with van der Waals surface area (Å²) in [6, 6.07) is 7.78. The molecule has 0 radical (unpaired) electrons. The lowest BCUT2D eigenvalue weighted by atomic mass is 9.99. The standard InChI is InChI=1S/C13H12N2O3/c1-9(2)13(16)11(8-14)7-10-5-3-4-6-12(10)15(17)18/h3-7,9H,1-2H3/b11-7-. The first kappa shape index (κ1) is 13.6. The number of nitro benzene ring substituents is 1. The molecule has 1 rings (SSSR count). The van der Waals surface area contributed by atoms with Crippen molar-refractivity contribution in [2.75, 3.05) is 0 Å². The molecule has 0 aliphatic rings. The summed E-state index contributed by atoms with van der Waals surface area (Å²) in [5, 5.41) is 19.7. The molecule has 5 nitrogen and oxygen atoms in total. The summed E-state index contributed by atoms with van der Waals surface area (Å²) in [5.41, 5.74) is 0.0640. The van der Waals surface area contributed by atoms with E-state index in [0.717, 1.165) is 0 Å². The van der Waals surface area contributed by atoms with Crippen LogP contribution in [0.25, 0.3) is 6.08 Å². The van der Waals surface area contributed by atoms with Crippen LogP contribution in [-0.2, 0) is 4.79 Å². The SMILES string of the molecule is CC(C)C(=O)/C(C#N)=C\c1ccccc1[N+](=O)[O-]. The van der Waals surface area contributed by atoms with Crippen molar-refractivity contribution in [1.29, 1.82) is 5.26 Å². The number of carbonyl (C=O) groups excluding carboxylic acids is 1. The molecule has 0 amide bonds. The molecule has 0 aliphatic heterocycles. The van der Waals surface area contributed by atoms with E-state index >= 15 is 0 Å². The van der Waals surface area contributed by atoms with Crippen molar-refractivity contribution < 1.29 is 9.72 Å². The van der Waals surface area contributed by atoms with Gasteiger partial charge in [-0.25, -0.2) is 0 Å². The van der Waals surface area contributed by atoms with Gasteiger partial charge in [-0.3, -0.25) is 14.9 Å². The average Bonchev–Trinajstić information content (AvgIpc) is 2.35. The Hall–Kier alpha value is -2.48. The number of nitrogens with zero attached hydrogens (tertiary/aromatic N) is 2. The Morgan fingerprint density at radius 1 is 1.44 bits per heavy atom. The largest absolute Gasteiger partial charge is 0.293 e. The number of nitro groups is 1. The minimum Gasteiger partial charge on any atom is -0.293 e. The zero-order valence-electron chi connectivity index (χ0n) is 10.1. The van der Waals surface area contributed by atoms with Gasteiger partial charge in [-0.05, 0) is 12.1 Å². The molecule has 0 saturated heterocycles. The smallest absolute Gasteiger partial charge is 0.276 e. The zero-order chi connectivity index (χ0) is 13.7. The normalized spacial score (nSPS) is 11.1. The molecule has 0 fully saturated rings. The van der Waals surface area contributed by atoms with Crippen LogP contribution >= 0.6 is 0 Å². The van der Waals surface area contributed by atoms with E-state index in [1.54, 1.807) is 26.0 Å². The molecule has 0 spiro atoms.